The van der Waals surface area contributed by atoms with Crippen LogP contribution in [0.5, 0.6) is 0 Å². The number of ketones is 1. The van der Waals surface area contributed by atoms with Crippen molar-refractivity contribution in [2.75, 3.05) is 0 Å². The third kappa shape index (κ3) is 2.02. The molecule has 2 aliphatic heterocycles. The van der Waals surface area contributed by atoms with Crippen molar-refractivity contribution in [3.05, 3.63) is 47.2 Å². The standard InChI is InChI=1S/C20H25N3O/c1-12-16-17(13-6-3-2-4-7-13)18-14(21-19(16)23-22-12)10-20(8-5-9-20)11-15(18)24/h2-4,6-7,12,16-17,19,21-23H,5,8-11H2,1H3. The smallest absolute Gasteiger partial charge is 0.161 e. The van der Waals surface area contributed by atoms with E-state index in [0.29, 0.717) is 17.7 Å². The lowest BCUT2D eigenvalue weighted by molar-refractivity contribution is -0.121. The van der Waals surface area contributed by atoms with Crippen LogP contribution >= 0.6 is 0 Å². The molecular formula is C20H25N3O. The van der Waals surface area contributed by atoms with E-state index in [1.807, 2.05) is 0 Å². The predicted molar refractivity (Wildman–Crippen MR) is 92.9 cm³/mol. The van der Waals surface area contributed by atoms with E-state index in [1.165, 1.54) is 30.5 Å². The molecule has 126 valence electrons. The molecule has 0 bridgehead atoms. The second-order valence-corrected chi connectivity index (χ2v) is 8.19. The summed E-state index contributed by atoms with van der Waals surface area (Å²) in [6, 6.07) is 10.9. The van der Waals surface area contributed by atoms with Crippen LogP contribution in [0, 0.1) is 11.3 Å². The van der Waals surface area contributed by atoms with Crippen LogP contribution in [-0.4, -0.2) is 18.0 Å². The van der Waals surface area contributed by atoms with Crippen molar-refractivity contribution in [1.29, 1.82) is 0 Å². The lowest BCUT2D eigenvalue weighted by Crippen LogP contribution is -2.53. The molecule has 24 heavy (non-hydrogen) atoms. The molecule has 0 amide bonds. The number of hydrogen-bond donors (Lipinski definition) is 3. The minimum absolute atomic E-state index is 0.190. The Morgan fingerprint density at radius 1 is 1.08 bits per heavy atom. The summed E-state index contributed by atoms with van der Waals surface area (Å²) in [4.78, 5) is 13.2. The van der Waals surface area contributed by atoms with Gasteiger partial charge in [0.1, 0.15) is 0 Å². The van der Waals surface area contributed by atoms with Crippen molar-refractivity contribution in [2.24, 2.45) is 11.3 Å². The molecule has 0 aromatic heterocycles. The highest BCUT2D eigenvalue weighted by Gasteiger charge is 2.52. The molecule has 1 saturated heterocycles. The molecule has 5 rings (SSSR count). The SMILES string of the molecule is CC1NNC2NC3=C(C(=O)CC4(CCC4)C3)C(c3ccccc3)C12. The third-order valence-electron chi connectivity index (χ3n) is 6.74. The van der Waals surface area contributed by atoms with Gasteiger partial charge in [0, 0.05) is 35.6 Å². The second-order valence-electron chi connectivity index (χ2n) is 8.19. The molecule has 2 heterocycles. The lowest BCUT2D eigenvalue weighted by Gasteiger charge is -2.49. The van der Waals surface area contributed by atoms with Gasteiger partial charge < -0.3 is 5.32 Å². The summed E-state index contributed by atoms with van der Waals surface area (Å²) >= 11 is 0. The van der Waals surface area contributed by atoms with Crippen LogP contribution in [0.3, 0.4) is 0 Å². The van der Waals surface area contributed by atoms with Crippen molar-refractivity contribution in [1.82, 2.24) is 16.2 Å². The summed E-state index contributed by atoms with van der Waals surface area (Å²) < 4.78 is 0. The molecule has 1 spiro atoms. The fraction of sp³-hybridized carbons (Fsp3) is 0.550. The van der Waals surface area contributed by atoms with Crippen LogP contribution in [0.1, 0.15) is 50.5 Å². The summed E-state index contributed by atoms with van der Waals surface area (Å²) in [5.74, 6) is 0.926. The topological polar surface area (TPSA) is 53.2 Å². The molecule has 1 aromatic carbocycles. The van der Waals surface area contributed by atoms with Gasteiger partial charge in [0.05, 0.1) is 6.17 Å². The molecule has 4 aliphatic rings. The van der Waals surface area contributed by atoms with Crippen LogP contribution in [0.15, 0.2) is 41.6 Å². The first kappa shape index (κ1) is 14.7. The number of carbonyl (C=O) groups excluding carboxylic acids is 1. The fourth-order valence-corrected chi connectivity index (χ4v) is 5.40. The Morgan fingerprint density at radius 2 is 1.88 bits per heavy atom. The van der Waals surface area contributed by atoms with Crippen LogP contribution < -0.4 is 16.2 Å². The number of rotatable bonds is 1. The predicted octanol–water partition coefficient (Wildman–Crippen LogP) is 2.60. The summed E-state index contributed by atoms with van der Waals surface area (Å²) in [5, 5.41) is 3.69. The maximum atomic E-state index is 13.2. The van der Waals surface area contributed by atoms with Gasteiger partial charge in [-0.2, -0.15) is 0 Å². The largest absolute Gasteiger partial charge is 0.371 e. The first-order chi connectivity index (χ1) is 11.7. The van der Waals surface area contributed by atoms with Crippen molar-refractivity contribution in [2.45, 2.75) is 57.2 Å². The molecule has 4 nitrogen and oxygen atoms in total. The van der Waals surface area contributed by atoms with Crippen LogP contribution in [0.25, 0.3) is 0 Å². The highest BCUT2D eigenvalue weighted by Crippen LogP contribution is 2.55. The van der Waals surface area contributed by atoms with Crippen LogP contribution in [-0.2, 0) is 4.79 Å². The third-order valence-corrected chi connectivity index (χ3v) is 6.74. The maximum absolute atomic E-state index is 13.2. The average Bonchev–Trinajstić information content (AvgIpc) is 2.93. The zero-order chi connectivity index (χ0) is 16.3. The Balaban J connectivity index is 1.63. The van der Waals surface area contributed by atoms with Gasteiger partial charge in [-0.15, -0.1) is 0 Å². The Kier molecular flexibility index (Phi) is 3.16. The van der Waals surface area contributed by atoms with Gasteiger partial charge in [-0.25, -0.2) is 5.43 Å². The summed E-state index contributed by atoms with van der Waals surface area (Å²) in [6.45, 7) is 2.21. The Morgan fingerprint density at radius 3 is 2.58 bits per heavy atom. The maximum Gasteiger partial charge on any atom is 0.161 e. The molecule has 0 radical (unpaired) electrons. The van der Waals surface area contributed by atoms with Crippen LogP contribution in [0.2, 0.25) is 0 Å². The zero-order valence-electron chi connectivity index (χ0n) is 14.1. The monoisotopic (exact) mass is 323 g/mol. The zero-order valence-corrected chi connectivity index (χ0v) is 14.1. The number of hydrogen-bond acceptors (Lipinski definition) is 4. The van der Waals surface area contributed by atoms with Crippen molar-refractivity contribution in [3.63, 3.8) is 0 Å². The Hall–Kier alpha value is -1.65. The molecule has 4 unspecified atom stereocenters. The molecule has 2 aliphatic carbocycles. The number of benzene rings is 1. The minimum Gasteiger partial charge on any atom is -0.371 e. The van der Waals surface area contributed by atoms with E-state index >= 15 is 0 Å². The molecule has 3 N–H and O–H groups in total. The molecule has 1 aromatic rings. The van der Waals surface area contributed by atoms with Gasteiger partial charge in [0.2, 0.25) is 0 Å². The number of hydrazine groups is 1. The Bertz CT molecular complexity index is 707. The van der Waals surface area contributed by atoms with Gasteiger partial charge >= 0.3 is 0 Å². The first-order valence-corrected chi connectivity index (χ1v) is 9.26. The van der Waals surface area contributed by atoms with E-state index in [0.717, 1.165) is 18.4 Å². The average molecular weight is 323 g/mol. The van der Waals surface area contributed by atoms with Gasteiger partial charge in [0.15, 0.2) is 5.78 Å². The van der Waals surface area contributed by atoms with E-state index in [1.54, 1.807) is 0 Å². The molecule has 4 heteroatoms. The van der Waals surface area contributed by atoms with E-state index in [-0.39, 0.29) is 17.5 Å². The second kappa shape index (κ2) is 5.17. The van der Waals surface area contributed by atoms with Crippen LogP contribution in [0.4, 0.5) is 0 Å². The quantitative estimate of drug-likeness (QED) is 0.744. The number of carbonyl (C=O) groups is 1. The highest BCUT2D eigenvalue weighted by atomic mass is 16.1. The minimum atomic E-state index is 0.190. The number of Topliss-reactive ketones (excluding diaryl/α,β-unsaturated/α-hetero) is 1. The van der Waals surface area contributed by atoms with Crippen molar-refractivity contribution >= 4 is 5.78 Å². The summed E-state index contributed by atoms with van der Waals surface area (Å²) in [6.07, 6.45) is 5.71. The van der Waals surface area contributed by atoms with Gasteiger partial charge in [-0.05, 0) is 37.2 Å². The fourth-order valence-electron chi connectivity index (χ4n) is 5.40. The van der Waals surface area contributed by atoms with Crippen molar-refractivity contribution in [3.8, 4) is 0 Å². The molecule has 1 saturated carbocycles. The highest BCUT2D eigenvalue weighted by molar-refractivity contribution is 5.99. The van der Waals surface area contributed by atoms with Gasteiger partial charge in [-0.1, -0.05) is 36.8 Å². The van der Waals surface area contributed by atoms with Gasteiger partial charge in [-0.3, -0.25) is 10.2 Å². The van der Waals surface area contributed by atoms with E-state index < -0.39 is 0 Å². The van der Waals surface area contributed by atoms with E-state index in [2.05, 4.69) is 53.4 Å². The Labute approximate surface area is 143 Å². The molecular weight excluding hydrogens is 298 g/mol. The van der Waals surface area contributed by atoms with Crippen molar-refractivity contribution < 1.29 is 4.79 Å². The molecule has 2 fully saturated rings. The molecule has 4 atom stereocenters. The lowest BCUT2D eigenvalue weighted by atomic mass is 9.57. The van der Waals surface area contributed by atoms with E-state index in [4.69, 9.17) is 0 Å². The first-order valence-electron chi connectivity index (χ1n) is 9.26. The number of fused-ring (bicyclic) bond motifs is 1. The summed E-state index contributed by atoms with van der Waals surface area (Å²) in [7, 11) is 0. The van der Waals surface area contributed by atoms with E-state index in [9.17, 15) is 4.79 Å². The number of allylic oxidation sites excluding steroid dienone is 2. The van der Waals surface area contributed by atoms with Gasteiger partial charge in [0.25, 0.3) is 0 Å². The normalized spacial score (nSPS) is 36.8. The summed E-state index contributed by atoms with van der Waals surface area (Å²) in [5.41, 5.74) is 10.6. The number of nitrogens with one attached hydrogen (secondary N) is 3.